The lowest BCUT2D eigenvalue weighted by Crippen LogP contribution is -2.05. The summed E-state index contributed by atoms with van der Waals surface area (Å²) < 4.78 is 37.6. The molecule has 0 bridgehead atoms. The van der Waals surface area contributed by atoms with Gasteiger partial charge in [0.1, 0.15) is 0 Å². The molecule has 6 heteroatoms. The lowest BCUT2D eigenvalue weighted by Gasteiger charge is -2.08. The topological polar surface area (TPSA) is 46.0 Å². The summed E-state index contributed by atoms with van der Waals surface area (Å²) in [5, 5.41) is 8.92. The van der Waals surface area contributed by atoms with Gasteiger partial charge in [-0.05, 0) is 18.2 Å². The van der Waals surface area contributed by atoms with Crippen molar-refractivity contribution in [2.24, 2.45) is 0 Å². The van der Waals surface area contributed by atoms with Crippen LogP contribution in [0.25, 0.3) is 11.4 Å². The highest BCUT2D eigenvalue weighted by Gasteiger charge is 2.30. The van der Waals surface area contributed by atoms with Crippen molar-refractivity contribution in [3.63, 3.8) is 0 Å². The largest absolute Gasteiger partial charge is 0.416 e. The standard InChI is InChI=1S/C12H9F3N2O/c13-12(14,15)9-3-1-2-8(6-9)11-16-5-4-10(7-18)17-11/h1-6,18H,7H2. The van der Waals surface area contributed by atoms with Crippen molar-refractivity contribution in [2.75, 3.05) is 0 Å². The molecule has 0 fully saturated rings. The van der Waals surface area contributed by atoms with E-state index in [0.29, 0.717) is 5.69 Å². The summed E-state index contributed by atoms with van der Waals surface area (Å²) in [5.74, 6) is 0.160. The Labute approximate surface area is 101 Å². The van der Waals surface area contributed by atoms with E-state index in [9.17, 15) is 13.2 Å². The summed E-state index contributed by atoms with van der Waals surface area (Å²) in [6, 6.07) is 6.26. The van der Waals surface area contributed by atoms with Crippen molar-refractivity contribution in [3.8, 4) is 11.4 Å². The van der Waals surface area contributed by atoms with Crippen LogP contribution in [0, 0.1) is 0 Å². The van der Waals surface area contributed by atoms with Gasteiger partial charge in [-0.1, -0.05) is 12.1 Å². The minimum Gasteiger partial charge on any atom is -0.390 e. The first-order valence-corrected chi connectivity index (χ1v) is 5.11. The second-order valence-corrected chi connectivity index (χ2v) is 3.61. The number of hydrogen-bond donors (Lipinski definition) is 1. The number of hydrogen-bond acceptors (Lipinski definition) is 3. The van der Waals surface area contributed by atoms with Crippen molar-refractivity contribution < 1.29 is 18.3 Å². The molecule has 94 valence electrons. The minimum absolute atomic E-state index is 0.160. The molecular weight excluding hydrogens is 245 g/mol. The summed E-state index contributed by atoms with van der Waals surface area (Å²) in [4.78, 5) is 7.85. The van der Waals surface area contributed by atoms with Crippen LogP contribution in [0.3, 0.4) is 0 Å². The zero-order valence-corrected chi connectivity index (χ0v) is 9.15. The van der Waals surface area contributed by atoms with Crippen LogP contribution in [0.5, 0.6) is 0 Å². The predicted octanol–water partition coefficient (Wildman–Crippen LogP) is 2.65. The van der Waals surface area contributed by atoms with E-state index in [1.165, 1.54) is 24.4 Å². The molecule has 1 aromatic carbocycles. The molecular formula is C12H9F3N2O. The van der Waals surface area contributed by atoms with Crippen LogP contribution in [0.1, 0.15) is 11.3 Å². The molecule has 1 heterocycles. The fourth-order valence-electron chi connectivity index (χ4n) is 1.46. The number of aromatic nitrogens is 2. The zero-order chi connectivity index (χ0) is 13.2. The Morgan fingerprint density at radius 1 is 1.17 bits per heavy atom. The van der Waals surface area contributed by atoms with Crippen LogP contribution in [0.15, 0.2) is 36.5 Å². The molecule has 0 aliphatic heterocycles. The van der Waals surface area contributed by atoms with Crippen LogP contribution in [-0.4, -0.2) is 15.1 Å². The monoisotopic (exact) mass is 254 g/mol. The number of nitrogens with zero attached hydrogens (tertiary/aromatic N) is 2. The first kappa shape index (κ1) is 12.5. The minimum atomic E-state index is -4.40. The number of rotatable bonds is 2. The van der Waals surface area contributed by atoms with Crippen molar-refractivity contribution in [2.45, 2.75) is 12.8 Å². The van der Waals surface area contributed by atoms with Crippen molar-refractivity contribution in [3.05, 3.63) is 47.8 Å². The van der Waals surface area contributed by atoms with Gasteiger partial charge in [-0.25, -0.2) is 9.97 Å². The molecule has 0 spiro atoms. The summed E-state index contributed by atoms with van der Waals surface area (Å²) in [6.07, 6.45) is -3.00. The Hall–Kier alpha value is -1.95. The maximum Gasteiger partial charge on any atom is 0.416 e. The third kappa shape index (κ3) is 2.65. The summed E-state index contributed by atoms with van der Waals surface area (Å²) in [6.45, 7) is -0.283. The van der Waals surface area contributed by atoms with Gasteiger partial charge in [-0.3, -0.25) is 0 Å². The Balaban J connectivity index is 2.44. The van der Waals surface area contributed by atoms with Gasteiger partial charge < -0.3 is 5.11 Å². The van der Waals surface area contributed by atoms with Gasteiger partial charge in [0.05, 0.1) is 17.9 Å². The normalized spacial score (nSPS) is 11.6. The smallest absolute Gasteiger partial charge is 0.390 e. The van der Waals surface area contributed by atoms with Gasteiger partial charge in [0.2, 0.25) is 0 Å². The van der Waals surface area contributed by atoms with E-state index >= 15 is 0 Å². The van der Waals surface area contributed by atoms with Crippen molar-refractivity contribution in [1.82, 2.24) is 9.97 Å². The van der Waals surface area contributed by atoms with Gasteiger partial charge in [0.25, 0.3) is 0 Å². The van der Waals surface area contributed by atoms with Crippen LogP contribution in [0.4, 0.5) is 13.2 Å². The van der Waals surface area contributed by atoms with Crippen LogP contribution < -0.4 is 0 Å². The van der Waals surface area contributed by atoms with Crippen LogP contribution >= 0.6 is 0 Å². The number of aliphatic hydroxyl groups is 1. The maximum atomic E-state index is 12.5. The molecule has 0 unspecified atom stereocenters. The number of alkyl halides is 3. The molecule has 0 amide bonds. The number of benzene rings is 1. The van der Waals surface area contributed by atoms with Gasteiger partial charge in [-0.2, -0.15) is 13.2 Å². The molecule has 3 nitrogen and oxygen atoms in total. The molecule has 0 radical (unpaired) electrons. The molecule has 1 aromatic heterocycles. The SMILES string of the molecule is OCc1ccnc(-c2cccc(C(F)(F)F)c2)n1. The molecule has 0 aliphatic rings. The Kier molecular flexibility index (Phi) is 3.29. The van der Waals surface area contributed by atoms with E-state index in [1.807, 2.05) is 0 Å². The molecule has 0 atom stereocenters. The lowest BCUT2D eigenvalue weighted by molar-refractivity contribution is -0.137. The summed E-state index contributed by atoms with van der Waals surface area (Å²) >= 11 is 0. The Morgan fingerprint density at radius 2 is 1.94 bits per heavy atom. The first-order chi connectivity index (χ1) is 8.50. The highest BCUT2D eigenvalue weighted by Crippen LogP contribution is 2.31. The van der Waals surface area contributed by atoms with Gasteiger partial charge >= 0.3 is 6.18 Å². The second kappa shape index (κ2) is 4.73. The van der Waals surface area contributed by atoms with Crippen LogP contribution in [0.2, 0.25) is 0 Å². The van der Waals surface area contributed by atoms with Gasteiger partial charge in [-0.15, -0.1) is 0 Å². The van der Waals surface area contributed by atoms with E-state index in [1.54, 1.807) is 0 Å². The zero-order valence-electron chi connectivity index (χ0n) is 9.15. The molecule has 2 rings (SSSR count). The van der Waals surface area contributed by atoms with E-state index in [4.69, 9.17) is 5.11 Å². The van der Waals surface area contributed by atoms with E-state index in [0.717, 1.165) is 12.1 Å². The maximum absolute atomic E-state index is 12.5. The van der Waals surface area contributed by atoms with Gasteiger partial charge in [0, 0.05) is 11.8 Å². The third-order valence-corrected chi connectivity index (χ3v) is 2.32. The average molecular weight is 254 g/mol. The Morgan fingerprint density at radius 3 is 2.61 bits per heavy atom. The van der Waals surface area contributed by atoms with Crippen molar-refractivity contribution in [1.29, 1.82) is 0 Å². The molecule has 18 heavy (non-hydrogen) atoms. The number of aliphatic hydroxyl groups excluding tert-OH is 1. The fourth-order valence-corrected chi connectivity index (χ4v) is 1.46. The van der Waals surface area contributed by atoms with Crippen molar-refractivity contribution >= 4 is 0 Å². The second-order valence-electron chi connectivity index (χ2n) is 3.61. The van der Waals surface area contributed by atoms with Crippen LogP contribution in [-0.2, 0) is 12.8 Å². The molecule has 1 N–H and O–H groups in total. The first-order valence-electron chi connectivity index (χ1n) is 5.11. The highest BCUT2D eigenvalue weighted by molar-refractivity contribution is 5.56. The summed E-state index contributed by atoms with van der Waals surface area (Å²) in [5.41, 5.74) is -0.129. The molecule has 0 saturated carbocycles. The van der Waals surface area contributed by atoms with Gasteiger partial charge in [0.15, 0.2) is 5.82 Å². The quantitative estimate of drug-likeness (QED) is 0.896. The fraction of sp³-hybridized carbons (Fsp3) is 0.167. The molecule has 0 saturated heterocycles. The molecule has 2 aromatic rings. The predicted molar refractivity (Wildman–Crippen MR) is 58.4 cm³/mol. The van der Waals surface area contributed by atoms with E-state index < -0.39 is 11.7 Å². The number of halogens is 3. The van der Waals surface area contributed by atoms with E-state index in [2.05, 4.69) is 9.97 Å². The highest BCUT2D eigenvalue weighted by atomic mass is 19.4. The third-order valence-electron chi connectivity index (χ3n) is 2.32. The van der Waals surface area contributed by atoms with E-state index in [-0.39, 0.29) is 18.0 Å². The molecule has 0 aliphatic carbocycles. The average Bonchev–Trinajstić information content (AvgIpc) is 2.38. The Bertz CT molecular complexity index is 555. The lowest BCUT2D eigenvalue weighted by atomic mass is 10.1. The summed E-state index contributed by atoms with van der Waals surface area (Å²) in [7, 11) is 0.